The Bertz CT molecular complexity index is 433. The van der Waals surface area contributed by atoms with E-state index in [0.29, 0.717) is 0 Å². The zero-order chi connectivity index (χ0) is 17.1. The largest absolute Gasteiger partial charge is 0.207 e. The molecule has 2 aromatic carbocycles. The van der Waals surface area contributed by atoms with Gasteiger partial charge >= 0.3 is 0 Å². The van der Waals surface area contributed by atoms with Gasteiger partial charge in [-0.25, -0.2) is 4.39 Å². The summed E-state index contributed by atoms with van der Waals surface area (Å²) in [6.07, 6.45) is 7.44. The van der Waals surface area contributed by atoms with E-state index in [-0.39, 0.29) is 5.82 Å². The predicted octanol–water partition coefficient (Wildman–Crippen LogP) is 7.02. The van der Waals surface area contributed by atoms with Crippen LogP contribution in [0.4, 0.5) is 4.39 Å². The Hall–Kier alpha value is -1.63. The van der Waals surface area contributed by atoms with Crippen LogP contribution in [0.5, 0.6) is 0 Å². The van der Waals surface area contributed by atoms with Gasteiger partial charge in [-0.05, 0) is 38.8 Å². The quantitative estimate of drug-likeness (QED) is 0.490. The summed E-state index contributed by atoms with van der Waals surface area (Å²) in [6, 6.07) is 14.9. The minimum atomic E-state index is -0.171. The van der Waals surface area contributed by atoms with E-state index in [1.54, 1.807) is 12.1 Å². The van der Waals surface area contributed by atoms with Crippen molar-refractivity contribution in [3.8, 4) is 0 Å². The highest BCUT2D eigenvalue weighted by atomic mass is 19.1. The molecule has 0 atom stereocenters. The van der Waals surface area contributed by atoms with E-state index in [1.807, 2.05) is 6.92 Å². The first-order valence-electron chi connectivity index (χ1n) is 8.73. The van der Waals surface area contributed by atoms with Crippen molar-refractivity contribution in [3.63, 3.8) is 0 Å². The van der Waals surface area contributed by atoms with Gasteiger partial charge in [-0.15, -0.1) is 0 Å². The summed E-state index contributed by atoms with van der Waals surface area (Å²) < 4.78 is 12.1. The Labute approximate surface area is 141 Å². The van der Waals surface area contributed by atoms with E-state index >= 15 is 0 Å². The van der Waals surface area contributed by atoms with E-state index in [2.05, 4.69) is 45.0 Å². The molecule has 0 aromatic heterocycles. The molecule has 1 aliphatic rings. The summed E-state index contributed by atoms with van der Waals surface area (Å²) >= 11 is 0. The van der Waals surface area contributed by atoms with Gasteiger partial charge in [-0.2, -0.15) is 0 Å². The van der Waals surface area contributed by atoms with Crippen LogP contribution < -0.4 is 0 Å². The summed E-state index contributed by atoms with van der Waals surface area (Å²) in [5.41, 5.74) is 3.75. The summed E-state index contributed by atoms with van der Waals surface area (Å²) in [5.74, 6) is 0.865. The molecule has 2 aromatic rings. The molecule has 0 aliphatic heterocycles. The molecule has 0 nitrogen and oxygen atoms in total. The standard InChI is InChI=1S/C8H10.C7H7F.C7H14/c1-7-3-5-8(2)6-4-7;1-6-2-4-7(8)5-3-6;1-7-5-3-2-4-6-7/h3-6H,1-2H3;2-5H,1H3;7H,2-6H2,1H3. The van der Waals surface area contributed by atoms with Crippen molar-refractivity contribution >= 4 is 0 Å². The topological polar surface area (TPSA) is 0 Å². The monoisotopic (exact) mass is 314 g/mol. The van der Waals surface area contributed by atoms with Crippen molar-refractivity contribution in [2.75, 3.05) is 0 Å². The molecule has 0 saturated heterocycles. The first kappa shape index (κ1) is 19.4. The molecule has 1 heteroatoms. The lowest BCUT2D eigenvalue weighted by Crippen LogP contribution is -1.99. The van der Waals surface area contributed by atoms with Gasteiger partial charge in [0.1, 0.15) is 5.82 Å². The first-order valence-corrected chi connectivity index (χ1v) is 8.73. The van der Waals surface area contributed by atoms with Crippen LogP contribution in [0.1, 0.15) is 55.7 Å². The Balaban J connectivity index is 0.000000173. The summed E-state index contributed by atoms with van der Waals surface area (Å²) in [4.78, 5) is 0. The third kappa shape index (κ3) is 9.89. The van der Waals surface area contributed by atoms with Crippen molar-refractivity contribution < 1.29 is 4.39 Å². The minimum Gasteiger partial charge on any atom is -0.207 e. The molecule has 0 radical (unpaired) electrons. The van der Waals surface area contributed by atoms with Crippen molar-refractivity contribution in [1.29, 1.82) is 0 Å². The smallest absolute Gasteiger partial charge is 0.123 e. The normalized spacial score (nSPS) is 14.1. The zero-order valence-corrected chi connectivity index (χ0v) is 15.1. The number of hydrogen-bond acceptors (Lipinski definition) is 0. The molecule has 0 N–H and O–H groups in total. The Morgan fingerprint density at radius 3 is 1.26 bits per heavy atom. The first-order chi connectivity index (χ1) is 11.0. The predicted molar refractivity (Wildman–Crippen MR) is 99.3 cm³/mol. The van der Waals surface area contributed by atoms with Crippen molar-refractivity contribution in [2.45, 2.75) is 59.8 Å². The molecule has 0 unspecified atom stereocenters. The molecular formula is C22H31F. The molecule has 1 saturated carbocycles. The molecule has 0 spiro atoms. The lowest BCUT2D eigenvalue weighted by molar-refractivity contribution is 0.385. The van der Waals surface area contributed by atoms with Crippen LogP contribution in [0.25, 0.3) is 0 Å². The van der Waals surface area contributed by atoms with Crippen LogP contribution in [0.2, 0.25) is 0 Å². The Morgan fingerprint density at radius 2 is 1.00 bits per heavy atom. The van der Waals surface area contributed by atoms with Crippen molar-refractivity contribution in [2.24, 2.45) is 5.92 Å². The van der Waals surface area contributed by atoms with Crippen LogP contribution in [0, 0.1) is 32.5 Å². The number of benzene rings is 2. The summed E-state index contributed by atoms with van der Waals surface area (Å²) in [5, 5.41) is 0. The van der Waals surface area contributed by atoms with Crippen LogP contribution in [-0.2, 0) is 0 Å². The van der Waals surface area contributed by atoms with Crippen LogP contribution in [-0.4, -0.2) is 0 Å². The maximum atomic E-state index is 12.1. The molecule has 0 amide bonds. The molecule has 0 heterocycles. The average Bonchev–Trinajstić information content (AvgIpc) is 2.55. The minimum absolute atomic E-state index is 0.171. The third-order valence-electron chi connectivity index (χ3n) is 4.12. The van der Waals surface area contributed by atoms with Crippen LogP contribution in [0.15, 0.2) is 48.5 Å². The van der Waals surface area contributed by atoms with Gasteiger partial charge in [0.15, 0.2) is 0 Å². The van der Waals surface area contributed by atoms with Crippen molar-refractivity contribution in [1.82, 2.24) is 0 Å². The fourth-order valence-electron chi connectivity index (χ4n) is 2.48. The number of halogens is 1. The average molecular weight is 314 g/mol. The molecule has 23 heavy (non-hydrogen) atoms. The molecule has 0 bridgehead atoms. The van der Waals surface area contributed by atoms with E-state index < -0.39 is 0 Å². The van der Waals surface area contributed by atoms with E-state index in [4.69, 9.17) is 0 Å². The molecule has 3 rings (SSSR count). The Morgan fingerprint density at radius 1 is 0.652 bits per heavy atom. The fourth-order valence-corrected chi connectivity index (χ4v) is 2.48. The molecular weight excluding hydrogens is 283 g/mol. The van der Waals surface area contributed by atoms with Gasteiger partial charge in [0.2, 0.25) is 0 Å². The van der Waals surface area contributed by atoms with E-state index in [1.165, 1.54) is 55.4 Å². The van der Waals surface area contributed by atoms with Gasteiger partial charge < -0.3 is 0 Å². The highest BCUT2D eigenvalue weighted by molar-refractivity contribution is 5.19. The second-order valence-electron chi connectivity index (χ2n) is 6.69. The van der Waals surface area contributed by atoms with Gasteiger partial charge in [-0.1, -0.05) is 92.1 Å². The SMILES string of the molecule is CC1CCCCC1.Cc1ccc(C)cc1.Cc1ccc(F)cc1. The Kier molecular flexibility index (Phi) is 9.28. The van der Waals surface area contributed by atoms with E-state index in [9.17, 15) is 4.39 Å². The lowest BCUT2D eigenvalue weighted by Gasteiger charge is -2.15. The maximum Gasteiger partial charge on any atom is 0.123 e. The highest BCUT2D eigenvalue weighted by Crippen LogP contribution is 2.22. The lowest BCUT2D eigenvalue weighted by atomic mass is 9.91. The number of rotatable bonds is 0. The van der Waals surface area contributed by atoms with E-state index in [0.717, 1.165) is 11.5 Å². The summed E-state index contributed by atoms with van der Waals surface area (Å²) in [6.45, 7) is 8.48. The van der Waals surface area contributed by atoms with Gasteiger partial charge in [0.25, 0.3) is 0 Å². The van der Waals surface area contributed by atoms with Crippen LogP contribution in [0.3, 0.4) is 0 Å². The second-order valence-corrected chi connectivity index (χ2v) is 6.69. The molecule has 1 aliphatic carbocycles. The highest BCUT2D eigenvalue weighted by Gasteiger charge is 2.05. The van der Waals surface area contributed by atoms with Crippen LogP contribution >= 0.6 is 0 Å². The summed E-state index contributed by atoms with van der Waals surface area (Å²) in [7, 11) is 0. The third-order valence-corrected chi connectivity index (χ3v) is 4.12. The number of hydrogen-bond donors (Lipinski definition) is 0. The molecule has 126 valence electrons. The van der Waals surface area contributed by atoms with Gasteiger partial charge in [-0.3, -0.25) is 0 Å². The maximum absolute atomic E-state index is 12.1. The van der Waals surface area contributed by atoms with Gasteiger partial charge in [0.05, 0.1) is 0 Å². The molecule has 1 fully saturated rings. The van der Waals surface area contributed by atoms with Gasteiger partial charge in [0, 0.05) is 0 Å². The number of aryl methyl sites for hydroxylation is 3. The van der Waals surface area contributed by atoms with Crippen molar-refractivity contribution in [3.05, 3.63) is 71.0 Å². The fraction of sp³-hybridized carbons (Fsp3) is 0.455. The second kappa shape index (κ2) is 11.0. The zero-order valence-electron chi connectivity index (χ0n) is 15.1.